The van der Waals surface area contributed by atoms with Crippen LogP contribution in [0.1, 0.15) is 18.4 Å². The lowest BCUT2D eigenvalue weighted by molar-refractivity contribution is -0.143. The summed E-state index contributed by atoms with van der Waals surface area (Å²) in [4.78, 5) is 23.0. The molecule has 2 N–H and O–H groups in total. The highest BCUT2D eigenvalue weighted by Crippen LogP contribution is 2.16. The number of carboxylic acids is 1. The van der Waals surface area contributed by atoms with Gasteiger partial charge < -0.3 is 19.9 Å². The maximum absolute atomic E-state index is 11.7. The summed E-state index contributed by atoms with van der Waals surface area (Å²) in [5, 5.41) is 11.9. The minimum atomic E-state index is -1.06. The molecule has 1 heterocycles. The molecular weight excluding hydrogens is 286 g/mol. The zero-order chi connectivity index (χ0) is 15.8. The first-order chi connectivity index (χ1) is 10.7. The first kappa shape index (κ1) is 16.0. The van der Waals surface area contributed by atoms with Crippen molar-refractivity contribution in [1.29, 1.82) is 0 Å². The van der Waals surface area contributed by atoms with Crippen molar-refractivity contribution in [2.45, 2.75) is 19.4 Å². The number of carboxylic acid groups (broad SMARTS) is 1. The van der Waals surface area contributed by atoms with Gasteiger partial charge in [-0.25, -0.2) is 4.79 Å². The smallest absolute Gasteiger partial charge is 0.351 e. The Bertz CT molecular complexity index is 545. The molecule has 0 aliphatic carbocycles. The van der Waals surface area contributed by atoms with E-state index in [2.05, 4.69) is 5.32 Å². The van der Waals surface area contributed by atoms with E-state index in [1.807, 2.05) is 30.3 Å². The monoisotopic (exact) mass is 305 g/mol. The molecule has 22 heavy (non-hydrogen) atoms. The Hall–Kier alpha value is -2.34. The Kier molecular flexibility index (Phi) is 5.97. The number of nitrogens with one attached hydrogen (secondary N) is 1. The molecule has 0 radical (unpaired) electrons. The topological polar surface area (TPSA) is 84.9 Å². The van der Waals surface area contributed by atoms with Crippen molar-refractivity contribution in [2.75, 3.05) is 19.8 Å². The first-order valence-corrected chi connectivity index (χ1v) is 7.13. The molecule has 0 spiro atoms. The summed E-state index contributed by atoms with van der Waals surface area (Å²) in [5.41, 5.74) is 1.74. The van der Waals surface area contributed by atoms with Gasteiger partial charge in [0.1, 0.15) is 18.8 Å². The molecule has 0 atom stereocenters. The fraction of sp³-hybridized carbons (Fsp3) is 0.375. The number of hydrogen-bond donors (Lipinski definition) is 2. The van der Waals surface area contributed by atoms with Crippen molar-refractivity contribution in [3.05, 3.63) is 47.2 Å². The molecule has 1 aliphatic rings. The number of carbonyl (C=O) groups is 2. The SMILES string of the molecule is O=C(CNC(C(=O)O)=C1CCOCC1)OCc1ccccc1. The number of esters is 1. The third-order valence-electron chi connectivity index (χ3n) is 3.32. The van der Waals surface area contributed by atoms with Crippen molar-refractivity contribution in [2.24, 2.45) is 0 Å². The molecule has 0 bridgehead atoms. The molecule has 2 rings (SSSR count). The second-order valence-corrected chi connectivity index (χ2v) is 4.90. The van der Waals surface area contributed by atoms with E-state index < -0.39 is 11.9 Å². The van der Waals surface area contributed by atoms with Gasteiger partial charge in [-0.05, 0) is 24.0 Å². The van der Waals surface area contributed by atoms with Crippen LogP contribution in [0.4, 0.5) is 0 Å². The van der Waals surface area contributed by atoms with E-state index in [0.717, 1.165) is 11.1 Å². The fourth-order valence-electron chi connectivity index (χ4n) is 2.17. The lowest BCUT2D eigenvalue weighted by atomic mass is 10.1. The Morgan fingerprint density at radius 1 is 1.18 bits per heavy atom. The van der Waals surface area contributed by atoms with Gasteiger partial charge in [0.25, 0.3) is 0 Å². The average Bonchev–Trinajstić information content (AvgIpc) is 2.55. The highest BCUT2D eigenvalue weighted by molar-refractivity contribution is 5.87. The molecule has 6 nitrogen and oxygen atoms in total. The third kappa shape index (κ3) is 4.89. The largest absolute Gasteiger partial charge is 0.477 e. The molecule has 1 aromatic carbocycles. The van der Waals surface area contributed by atoms with Gasteiger partial charge in [0.2, 0.25) is 0 Å². The summed E-state index contributed by atoms with van der Waals surface area (Å²) in [6.45, 7) is 1.02. The predicted molar refractivity (Wildman–Crippen MR) is 79.0 cm³/mol. The van der Waals surface area contributed by atoms with Crippen LogP contribution in [-0.4, -0.2) is 36.8 Å². The predicted octanol–water partition coefficient (Wildman–Crippen LogP) is 1.47. The highest BCUT2D eigenvalue weighted by Gasteiger charge is 2.18. The van der Waals surface area contributed by atoms with E-state index in [0.29, 0.717) is 26.1 Å². The minimum Gasteiger partial charge on any atom is -0.477 e. The van der Waals surface area contributed by atoms with E-state index in [4.69, 9.17) is 9.47 Å². The van der Waals surface area contributed by atoms with Crippen molar-refractivity contribution in [1.82, 2.24) is 5.32 Å². The maximum Gasteiger partial charge on any atom is 0.351 e. The van der Waals surface area contributed by atoms with Crippen LogP contribution < -0.4 is 5.32 Å². The normalized spacial score (nSPS) is 14.3. The van der Waals surface area contributed by atoms with Crippen molar-refractivity contribution in [3.63, 3.8) is 0 Å². The molecule has 0 amide bonds. The number of rotatable bonds is 6. The van der Waals surface area contributed by atoms with Crippen LogP contribution >= 0.6 is 0 Å². The van der Waals surface area contributed by atoms with Gasteiger partial charge in [-0.2, -0.15) is 0 Å². The van der Waals surface area contributed by atoms with Crippen molar-refractivity contribution >= 4 is 11.9 Å². The molecule has 0 unspecified atom stereocenters. The fourth-order valence-corrected chi connectivity index (χ4v) is 2.17. The van der Waals surface area contributed by atoms with Gasteiger partial charge in [0, 0.05) is 0 Å². The van der Waals surface area contributed by atoms with Gasteiger partial charge in [0.05, 0.1) is 13.2 Å². The molecule has 1 saturated heterocycles. The number of aliphatic carboxylic acids is 1. The molecule has 0 aromatic heterocycles. The molecule has 118 valence electrons. The van der Waals surface area contributed by atoms with Crippen molar-refractivity contribution < 1.29 is 24.2 Å². The van der Waals surface area contributed by atoms with Crippen LogP contribution in [0.5, 0.6) is 0 Å². The van der Waals surface area contributed by atoms with E-state index in [1.54, 1.807) is 0 Å². The average molecular weight is 305 g/mol. The number of benzene rings is 1. The van der Waals surface area contributed by atoms with E-state index in [1.165, 1.54) is 0 Å². The summed E-state index contributed by atoms with van der Waals surface area (Å²) in [7, 11) is 0. The quantitative estimate of drug-likeness (QED) is 0.611. The molecule has 1 fully saturated rings. The van der Waals surface area contributed by atoms with Crippen LogP contribution in [0, 0.1) is 0 Å². The minimum absolute atomic E-state index is 0.0833. The Balaban J connectivity index is 1.84. The Morgan fingerprint density at radius 3 is 2.50 bits per heavy atom. The van der Waals surface area contributed by atoms with E-state index in [9.17, 15) is 14.7 Å². The zero-order valence-corrected chi connectivity index (χ0v) is 12.2. The molecule has 0 saturated carbocycles. The second-order valence-electron chi connectivity index (χ2n) is 4.90. The summed E-state index contributed by atoms with van der Waals surface area (Å²) in [6.07, 6.45) is 1.13. The van der Waals surface area contributed by atoms with Crippen LogP contribution in [0.3, 0.4) is 0 Å². The van der Waals surface area contributed by atoms with Gasteiger partial charge >= 0.3 is 11.9 Å². The van der Waals surface area contributed by atoms with Gasteiger partial charge in [0.15, 0.2) is 0 Å². The van der Waals surface area contributed by atoms with Crippen LogP contribution in [0.25, 0.3) is 0 Å². The number of ether oxygens (including phenoxy) is 2. The lowest BCUT2D eigenvalue weighted by Gasteiger charge is -2.18. The van der Waals surface area contributed by atoms with Gasteiger partial charge in [-0.15, -0.1) is 0 Å². The van der Waals surface area contributed by atoms with Gasteiger partial charge in [-0.3, -0.25) is 4.79 Å². The van der Waals surface area contributed by atoms with E-state index in [-0.39, 0.29) is 18.8 Å². The van der Waals surface area contributed by atoms with E-state index >= 15 is 0 Å². The molecule has 1 aliphatic heterocycles. The van der Waals surface area contributed by atoms with Gasteiger partial charge in [-0.1, -0.05) is 30.3 Å². The number of carbonyl (C=O) groups excluding carboxylic acids is 1. The molecule has 6 heteroatoms. The summed E-state index contributed by atoms with van der Waals surface area (Å²) in [5.74, 6) is -1.55. The Labute approximate surface area is 128 Å². The number of hydrogen-bond acceptors (Lipinski definition) is 5. The lowest BCUT2D eigenvalue weighted by Crippen LogP contribution is -2.30. The third-order valence-corrected chi connectivity index (χ3v) is 3.32. The van der Waals surface area contributed by atoms with Crippen molar-refractivity contribution in [3.8, 4) is 0 Å². The first-order valence-electron chi connectivity index (χ1n) is 7.13. The highest BCUT2D eigenvalue weighted by atomic mass is 16.5. The summed E-state index contributed by atoms with van der Waals surface area (Å²) < 4.78 is 10.3. The molecular formula is C16H19NO5. The summed E-state index contributed by atoms with van der Waals surface area (Å²) >= 11 is 0. The maximum atomic E-state index is 11.7. The van der Waals surface area contributed by atoms with Crippen LogP contribution in [0.2, 0.25) is 0 Å². The second kappa shape index (κ2) is 8.19. The molecule has 1 aromatic rings. The summed E-state index contributed by atoms with van der Waals surface area (Å²) in [6, 6.07) is 9.31. The van der Waals surface area contributed by atoms with Crippen LogP contribution in [0.15, 0.2) is 41.6 Å². The van der Waals surface area contributed by atoms with Crippen LogP contribution in [-0.2, 0) is 25.7 Å². The zero-order valence-electron chi connectivity index (χ0n) is 12.2. The Morgan fingerprint density at radius 2 is 1.86 bits per heavy atom. The standard InChI is InChI=1S/C16H19NO5/c18-14(22-11-12-4-2-1-3-5-12)10-17-15(16(19)20)13-6-8-21-9-7-13/h1-5,17H,6-11H2,(H,19,20).